The standard InChI is InChI=1S/C50H74N6O8S.C43H69N9O10/c1-13-34(7)44(54(9)49(60)42(31(2)3)53-47(59)43(32(4)5)55(10)50(61)64-30-37-23-21-33(6)22-24-37)40(62-11)29-41(57)56-26-17-20-39(56)45(63-12)35(8)46(58)52-38(48-51-25-27-65-48)28-36-18-15-14-16-19-36;1-6-37(54)36(10-8-18-47-43(44)60)48-42(59)35(30(2)3)28-34(53)11-12-39(56)51(22-24-62-26-25-61-23-16-40(57)58)32-13-19-50(20-14-32)38(55)15-21-52-33(29-49(5)45-4)27-31-9-7-17-46-41(31)52/h14-16,18-19,21-25,27,31-32,34-35,38-40,42-45H,13,17,20,26,28-30H2,1-12H3,(H,52,58)(H,53,59);7,9,17,27,30,32,35-36,45H,6,8,10-16,18-26,28-29H2,1-5H3,(H,48,59)(H,57,58)(H3,44,47,60)/t34-,35+,38-,39-,40+,42-,43-,44-,45+;35-,36-/m00/s1. The van der Waals surface area contributed by atoms with Gasteiger partial charge >= 0.3 is 18.1 Å². The zero-order chi connectivity index (χ0) is 93.6. The van der Waals surface area contributed by atoms with E-state index >= 15 is 0 Å². The quantitative estimate of drug-likeness (QED) is 0.0141. The van der Waals surface area contributed by atoms with E-state index in [1.807, 2.05) is 170 Å². The van der Waals surface area contributed by atoms with Gasteiger partial charge in [0, 0.05) is 148 Å². The molecule has 0 saturated carbocycles. The second-order valence-corrected chi connectivity index (χ2v) is 35.2. The van der Waals surface area contributed by atoms with Gasteiger partial charge in [0.25, 0.3) is 0 Å². The molecule has 10 amide bonds. The molecule has 2 fully saturated rings. The summed E-state index contributed by atoms with van der Waals surface area (Å²) < 4.78 is 30.9. The number of aryl methyl sites for hydroxylation is 2. The molecule has 0 radical (unpaired) electrons. The predicted molar refractivity (Wildman–Crippen MR) is 485 cm³/mol. The number of hydrogen-bond acceptors (Lipinski definition) is 22. The Morgan fingerprint density at radius 1 is 0.701 bits per heavy atom. The minimum absolute atomic E-state index is 0.0105. The number of pyridine rings is 1. The second-order valence-electron chi connectivity index (χ2n) is 34.3. The maximum absolute atomic E-state index is 14.6. The Balaban J connectivity index is 0.000000392. The second kappa shape index (κ2) is 54.5. The number of piperidine rings is 1. The highest BCUT2D eigenvalue weighted by atomic mass is 32.1. The predicted octanol–water partition coefficient (Wildman–Crippen LogP) is 9.45. The maximum atomic E-state index is 14.6. The van der Waals surface area contributed by atoms with Crippen LogP contribution in [0.1, 0.15) is 193 Å². The van der Waals surface area contributed by atoms with Crippen LogP contribution in [-0.4, -0.2) is 270 Å². The largest absolute Gasteiger partial charge is 0.481 e. The summed E-state index contributed by atoms with van der Waals surface area (Å²) in [7, 11) is 10.2. The fourth-order valence-corrected chi connectivity index (χ4v) is 17.2. The molecule has 2 aromatic carbocycles. The normalized spacial score (nSPS) is 16.0. The minimum atomic E-state index is -0.955. The van der Waals surface area contributed by atoms with Crippen LogP contribution in [0.25, 0.3) is 11.0 Å². The van der Waals surface area contributed by atoms with E-state index in [1.54, 1.807) is 50.4 Å². The number of carboxylic acids is 1. The summed E-state index contributed by atoms with van der Waals surface area (Å²) in [5, 5.41) is 26.0. The van der Waals surface area contributed by atoms with E-state index in [9.17, 15) is 57.5 Å². The van der Waals surface area contributed by atoms with Crippen molar-refractivity contribution in [1.29, 1.82) is 0 Å². The van der Waals surface area contributed by atoms with Crippen LogP contribution in [0.5, 0.6) is 0 Å². The Morgan fingerprint density at radius 2 is 1.39 bits per heavy atom. The smallest absolute Gasteiger partial charge is 0.410 e. The van der Waals surface area contributed by atoms with Crippen molar-refractivity contribution < 1.29 is 86.3 Å². The number of benzene rings is 2. The zero-order valence-corrected chi connectivity index (χ0v) is 78.6. The van der Waals surface area contributed by atoms with Crippen LogP contribution in [0.3, 0.4) is 0 Å². The number of nitrogens with two attached hydrogens (primary N) is 1. The number of Topliss-reactive ketones (excluding diaryl/α,β-unsaturated/α-hetero) is 2. The Morgan fingerprint density at radius 3 is 2.00 bits per heavy atom. The number of amides is 10. The molecule has 5 aromatic rings. The van der Waals surface area contributed by atoms with Crippen molar-refractivity contribution in [1.82, 2.24) is 70.7 Å². The van der Waals surface area contributed by atoms with Crippen molar-refractivity contribution in [3.8, 4) is 0 Å². The lowest BCUT2D eigenvalue weighted by molar-refractivity contribution is -0.148. The van der Waals surface area contributed by atoms with Crippen LogP contribution in [0.15, 0.2) is 90.6 Å². The molecular weight excluding hydrogens is 1650 g/mol. The Bertz CT molecular complexity index is 4280. The number of aromatic nitrogens is 3. The third-order valence-corrected chi connectivity index (χ3v) is 25.0. The summed E-state index contributed by atoms with van der Waals surface area (Å²) in [6.45, 7) is 24.4. The number of hydrazine groups is 1. The van der Waals surface area contributed by atoms with Gasteiger partial charge in [-0.15, -0.1) is 11.3 Å². The molecule has 127 heavy (non-hydrogen) atoms. The Kier molecular flexibility index (Phi) is 45.4. The fraction of sp³-hybridized carbons (Fsp3) is 0.634. The van der Waals surface area contributed by atoms with Gasteiger partial charge in [0.15, 0.2) is 5.78 Å². The molecule has 34 heteroatoms. The first-order chi connectivity index (χ1) is 60.6. The first-order valence-corrected chi connectivity index (χ1v) is 45.7. The SMILES string of the molecule is CCC(=O)[C@H](CCCNC(N)=O)NC(=O)[C@@H](CC(=O)CCC(=O)N(CCOCCOCCC(=O)O)C1CCN(C(=O)CCn2c(CN(C)NC)cc3cccnc32)CC1)C(C)C.CC[C@H](C)[C@@H]([C@@H](CC(=O)N1CCC[C@H]1[C@H](OC)[C@@H](C)C(=O)N[C@@H](Cc1ccccc1)c1nccs1)OC)N(C)C(=O)[C@@H](NC(=O)[C@H](C(C)C)N(C)C(=O)OCc1ccc(C)cc1)C(C)C. The highest BCUT2D eigenvalue weighted by Crippen LogP contribution is 2.33. The molecule has 0 aliphatic carbocycles. The van der Waals surface area contributed by atoms with Gasteiger partial charge in [0.2, 0.25) is 41.4 Å². The molecule has 3 aromatic heterocycles. The number of primary amides is 1. The van der Waals surface area contributed by atoms with Gasteiger partial charge in [-0.05, 0) is 112 Å². The molecule has 2 aliphatic rings. The van der Waals surface area contributed by atoms with E-state index in [0.717, 1.165) is 44.8 Å². The van der Waals surface area contributed by atoms with Crippen molar-refractivity contribution in [3.63, 3.8) is 0 Å². The van der Waals surface area contributed by atoms with Crippen molar-refractivity contribution in [2.24, 2.45) is 41.2 Å². The van der Waals surface area contributed by atoms with Gasteiger partial charge in [-0.1, -0.05) is 136 Å². The van der Waals surface area contributed by atoms with Gasteiger partial charge in [-0.25, -0.2) is 24.6 Å². The lowest BCUT2D eigenvalue weighted by atomic mass is 9.88. The van der Waals surface area contributed by atoms with Crippen molar-refractivity contribution >= 4 is 93.4 Å². The topological polar surface area (TPSA) is 408 Å². The number of fused-ring (bicyclic) bond motifs is 1. The monoisotopic (exact) mass is 1790 g/mol. The lowest BCUT2D eigenvalue weighted by Crippen LogP contribution is -2.60. The molecule has 2 saturated heterocycles. The number of methoxy groups -OCH3 is 2. The molecule has 33 nitrogen and oxygen atoms in total. The third-order valence-electron chi connectivity index (χ3n) is 24.1. The number of urea groups is 1. The molecule has 2 aliphatic heterocycles. The Hall–Kier alpha value is -9.84. The van der Waals surface area contributed by atoms with E-state index in [-0.39, 0.29) is 174 Å². The first kappa shape index (κ1) is 106. The number of thiazole rings is 1. The summed E-state index contributed by atoms with van der Waals surface area (Å²) in [5.41, 5.74) is 13.1. The average molecular weight is 1790 g/mol. The molecule has 0 bridgehead atoms. The summed E-state index contributed by atoms with van der Waals surface area (Å²) in [6.07, 6.45) is 6.18. The van der Waals surface area contributed by atoms with Gasteiger partial charge in [-0.2, -0.15) is 0 Å². The molecule has 704 valence electrons. The van der Waals surface area contributed by atoms with E-state index < -0.39 is 78.1 Å². The average Bonchev–Trinajstić information content (AvgIpc) is 1.69. The van der Waals surface area contributed by atoms with Crippen LogP contribution in [0.4, 0.5) is 9.59 Å². The van der Waals surface area contributed by atoms with Crippen LogP contribution < -0.4 is 32.4 Å². The number of hydrogen-bond donors (Lipinski definition) is 7. The number of likely N-dealkylation sites (tertiary alicyclic amines) is 2. The highest BCUT2D eigenvalue weighted by Gasteiger charge is 2.45. The number of likely N-dealkylation sites (N-methyl/N-ethyl adjacent to an activating group) is 2. The summed E-state index contributed by atoms with van der Waals surface area (Å²) in [5.74, 6) is -5.38. The van der Waals surface area contributed by atoms with Crippen molar-refractivity contribution in [3.05, 3.63) is 118 Å². The molecule has 5 heterocycles. The number of aliphatic carboxylic acids is 1. The maximum Gasteiger partial charge on any atom is 0.410 e. The van der Waals surface area contributed by atoms with E-state index in [1.165, 1.54) is 23.3 Å². The van der Waals surface area contributed by atoms with Crippen LogP contribution >= 0.6 is 11.3 Å². The Labute approximate surface area is 754 Å². The number of ketones is 2. The number of rotatable bonds is 53. The number of carbonyl (C=O) groups is 12. The zero-order valence-electron chi connectivity index (χ0n) is 77.8. The summed E-state index contributed by atoms with van der Waals surface area (Å²) in [6, 6.07) is 18.9. The number of carboxylic acid groups (broad SMARTS) is 1. The molecule has 8 N–H and O–H groups in total. The lowest BCUT2D eigenvalue weighted by Gasteiger charge is -2.41. The molecule has 11 atom stereocenters. The summed E-state index contributed by atoms with van der Waals surface area (Å²) in [4.78, 5) is 176. The van der Waals surface area contributed by atoms with Gasteiger partial charge in [0.05, 0.1) is 88.1 Å². The molecule has 0 spiro atoms. The minimum Gasteiger partial charge on any atom is -0.481 e. The van der Waals surface area contributed by atoms with E-state index in [0.29, 0.717) is 77.7 Å². The number of carbonyl (C=O) groups excluding carboxylic acids is 11. The fourth-order valence-electron chi connectivity index (χ4n) is 16.5. The van der Waals surface area contributed by atoms with Crippen molar-refractivity contribution in [2.45, 2.75) is 247 Å². The van der Waals surface area contributed by atoms with Gasteiger partial charge in [-0.3, -0.25) is 58.3 Å². The number of nitrogens with one attached hydrogen (secondary N) is 5. The number of nitrogens with zero attached hydrogens (tertiary/aromatic N) is 9. The number of ether oxygens (including phenoxy) is 5. The first-order valence-electron chi connectivity index (χ1n) is 44.8. The molecule has 0 unspecified atom stereocenters. The van der Waals surface area contributed by atoms with E-state index in [2.05, 4.69) is 47.3 Å². The van der Waals surface area contributed by atoms with E-state index in [4.69, 9.17) is 34.5 Å². The molecule has 7 rings (SSSR count). The van der Waals surface area contributed by atoms with Gasteiger partial charge < -0.3 is 80.0 Å². The molecular formula is C93H143N15O18S. The highest BCUT2D eigenvalue weighted by molar-refractivity contribution is 7.09. The van der Waals surface area contributed by atoms with Gasteiger partial charge in [0.1, 0.15) is 35.1 Å². The summed E-state index contributed by atoms with van der Waals surface area (Å²) >= 11 is 1.49. The van der Waals surface area contributed by atoms with Crippen LogP contribution in [0.2, 0.25) is 0 Å². The van der Waals surface area contributed by atoms with Crippen LogP contribution in [-0.2, 0) is 97.7 Å². The van der Waals surface area contributed by atoms with Crippen molar-refractivity contribution in [2.75, 3.05) is 102 Å². The third kappa shape index (κ3) is 33.3. The van der Waals surface area contributed by atoms with Crippen LogP contribution in [0, 0.1) is 42.4 Å².